The van der Waals surface area contributed by atoms with Gasteiger partial charge in [-0.15, -0.1) is 0 Å². The molecular weight excluding hydrogens is 159 g/mol. The van der Waals surface area contributed by atoms with Gasteiger partial charge < -0.3 is 5.11 Å². The number of alkyl halides is 3. The van der Waals surface area contributed by atoms with Gasteiger partial charge in [0.2, 0.25) is 0 Å². The number of hydrogen-bond donors (Lipinski definition) is 1. The standard InChI is InChI=1S/C6H6F3NO/c7-6(8,9)5(11)2-1-3-10-4-5/h1-3,11H,4H2. The third-order valence-electron chi connectivity index (χ3n) is 1.39. The Labute approximate surface area is 61.1 Å². The highest BCUT2D eigenvalue weighted by Crippen LogP contribution is 2.32. The van der Waals surface area contributed by atoms with Crippen molar-refractivity contribution >= 4 is 6.21 Å². The summed E-state index contributed by atoms with van der Waals surface area (Å²) in [7, 11) is 0. The summed E-state index contributed by atoms with van der Waals surface area (Å²) in [6.07, 6.45) is -1.64. The van der Waals surface area contributed by atoms with Gasteiger partial charge in [0.1, 0.15) is 0 Å². The van der Waals surface area contributed by atoms with Crippen LogP contribution in [0.2, 0.25) is 0 Å². The molecule has 0 aromatic heterocycles. The highest BCUT2D eigenvalue weighted by molar-refractivity contribution is 5.72. The van der Waals surface area contributed by atoms with E-state index in [1.807, 2.05) is 0 Å². The van der Waals surface area contributed by atoms with Crippen LogP contribution in [-0.2, 0) is 0 Å². The van der Waals surface area contributed by atoms with Gasteiger partial charge in [-0.2, -0.15) is 13.2 Å². The fourth-order valence-electron chi connectivity index (χ4n) is 0.692. The van der Waals surface area contributed by atoms with Gasteiger partial charge in [0.25, 0.3) is 0 Å². The van der Waals surface area contributed by atoms with E-state index in [1.54, 1.807) is 0 Å². The van der Waals surface area contributed by atoms with Gasteiger partial charge in [0, 0.05) is 6.21 Å². The van der Waals surface area contributed by atoms with Crippen LogP contribution >= 0.6 is 0 Å². The molecule has 0 aromatic rings. The molecule has 0 spiro atoms. The van der Waals surface area contributed by atoms with Crippen LogP contribution in [0.5, 0.6) is 0 Å². The first-order valence-corrected chi connectivity index (χ1v) is 2.92. The third-order valence-corrected chi connectivity index (χ3v) is 1.39. The number of dihydropyridines is 1. The van der Waals surface area contributed by atoms with E-state index in [-0.39, 0.29) is 0 Å². The fourth-order valence-corrected chi connectivity index (χ4v) is 0.692. The largest absolute Gasteiger partial charge is 0.422 e. The highest BCUT2D eigenvalue weighted by Gasteiger charge is 2.52. The van der Waals surface area contributed by atoms with Crippen LogP contribution in [0.1, 0.15) is 0 Å². The summed E-state index contributed by atoms with van der Waals surface area (Å²) in [6.45, 7) is -0.646. The number of halogens is 3. The van der Waals surface area contributed by atoms with Gasteiger partial charge >= 0.3 is 6.18 Å². The first-order chi connectivity index (χ1) is 4.96. The first-order valence-electron chi connectivity index (χ1n) is 2.92. The molecule has 0 radical (unpaired) electrons. The Kier molecular flexibility index (Phi) is 1.75. The Morgan fingerprint density at radius 3 is 2.36 bits per heavy atom. The van der Waals surface area contributed by atoms with Crippen molar-refractivity contribution in [1.29, 1.82) is 0 Å². The predicted molar refractivity (Wildman–Crippen MR) is 33.5 cm³/mol. The van der Waals surface area contributed by atoms with Crippen LogP contribution in [0.25, 0.3) is 0 Å². The highest BCUT2D eigenvalue weighted by atomic mass is 19.4. The van der Waals surface area contributed by atoms with Gasteiger partial charge in [-0.1, -0.05) is 0 Å². The molecule has 0 bridgehead atoms. The molecule has 62 valence electrons. The van der Waals surface area contributed by atoms with Crippen molar-refractivity contribution < 1.29 is 18.3 Å². The predicted octanol–water partition coefficient (Wildman–Crippen LogP) is 0.920. The van der Waals surface area contributed by atoms with Crippen molar-refractivity contribution in [3.05, 3.63) is 12.2 Å². The maximum absolute atomic E-state index is 12.0. The Hall–Kier alpha value is -0.840. The summed E-state index contributed by atoms with van der Waals surface area (Å²) in [5.74, 6) is 0. The van der Waals surface area contributed by atoms with Crippen molar-refractivity contribution in [2.24, 2.45) is 4.99 Å². The minimum Gasteiger partial charge on any atom is -0.375 e. The number of aliphatic imine (C=N–C) groups is 1. The van der Waals surface area contributed by atoms with Gasteiger partial charge in [-0.3, -0.25) is 4.99 Å². The molecule has 11 heavy (non-hydrogen) atoms. The van der Waals surface area contributed by atoms with E-state index in [2.05, 4.69) is 4.99 Å². The molecule has 0 amide bonds. The first kappa shape index (κ1) is 8.26. The summed E-state index contributed by atoms with van der Waals surface area (Å²) < 4.78 is 35.9. The van der Waals surface area contributed by atoms with E-state index in [0.29, 0.717) is 6.08 Å². The van der Waals surface area contributed by atoms with Gasteiger partial charge in [-0.25, -0.2) is 0 Å². The van der Waals surface area contributed by atoms with Crippen LogP contribution in [-0.4, -0.2) is 29.6 Å². The summed E-state index contributed by atoms with van der Waals surface area (Å²) in [5, 5.41) is 8.88. The molecule has 1 N–H and O–H groups in total. The van der Waals surface area contributed by atoms with E-state index in [1.165, 1.54) is 6.21 Å². The number of aliphatic hydroxyl groups is 1. The quantitative estimate of drug-likeness (QED) is 0.568. The SMILES string of the molecule is OC1(C(F)(F)F)C=CC=NC1. The Morgan fingerprint density at radius 1 is 1.45 bits per heavy atom. The van der Waals surface area contributed by atoms with Gasteiger partial charge in [-0.05, 0) is 12.2 Å². The average Bonchev–Trinajstić information content (AvgIpc) is 1.87. The molecule has 0 saturated heterocycles. The molecule has 1 atom stereocenters. The van der Waals surface area contributed by atoms with E-state index in [0.717, 1.165) is 6.08 Å². The zero-order chi connectivity index (χ0) is 8.54. The zero-order valence-electron chi connectivity index (χ0n) is 5.47. The number of nitrogens with zero attached hydrogens (tertiary/aromatic N) is 1. The number of rotatable bonds is 0. The second kappa shape index (κ2) is 2.34. The summed E-state index contributed by atoms with van der Waals surface area (Å²) in [6, 6.07) is 0. The number of allylic oxidation sites excluding steroid dienone is 1. The molecule has 1 heterocycles. The van der Waals surface area contributed by atoms with E-state index in [9.17, 15) is 13.2 Å². The molecule has 5 heteroatoms. The fraction of sp³-hybridized carbons (Fsp3) is 0.500. The van der Waals surface area contributed by atoms with Crippen molar-refractivity contribution in [2.75, 3.05) is 6.54 Å². The van der Waals surface area contributed by atoms with E-state index in [4.69, 9.17) is 5.11 Å². The molecular formula is C6H6F3NO. The van der Waals surface area contributed by atoms with Crippen LogP contribution in [0.4, 0.5) is 13.2 Å². The maximum Gasteiger partial charge on any atom is 0.422 e. The molecule has 2 nitrogen and oxygen atoms in total. The molecule has 0 aliphatic carbocycles. The van der Waals surface area contributed by atoms with Crippen LogP contribution in [0, 0.1) is 0 Å². The lowest BCUT2D eigenvalue weighted by atomic mass is 10.0. The van der Waals surface area contributed by atoms with Crippen molar-refractivity contribution in [1.82, 2.24) is 0 Å². The second-order valence-electron chi connectivity index (χ2n) is 2.27. The molecule has 1 unspecified atom stereocenters. The Balaban J connectivity index is 2.84. The minimum absolute atomic E-state index is 0.646. The Bertz CT molecular complexity index is 208. The van der Waals surface area contributed by atoms with Crippen LogP contribution < -0.4 is 0 Å². The van der Waals surface area contributed by atoms with E-state index >= 15 is 0 Å². The third kappa shape index (κ3) is 1.42. The molecule has 0 saturated carbocycles. The van der Waals surface area contributed by atoms with Gasteiger partial charge in [0.15, 0.2) is 5.60 Å². The normalized spacial score (nSPS) is 30.9. The molecule has 0 fully saturated rings. The van der Waals surface area contributed by atoms with Crippen LogP contribution in [0.15, 0.2) is 17.1 Å². The lowest BCUT2D eigenvalue weighted by molar-refractivity contribution is -0.235. The van der Waals surface area contributed by atoms with E-state index < -0.39 is 18.3 Å². The zero-order valence-corrected chi connectivity index (χ0v) is 5.47. The molecule has 0 aromatic carbocycles. The lowest BCUT2D eigenvalue weighted by Crippen LogP contribution is -2.46. The number of hydrogen-bond acceptors (Lipinski definition) is 2. The molecule has 1 rings (SSSR count). The smallest absolute Gasteiger partial charge is 0.375 e. The summed E-state index contributed by atoms with van der Waals surface area (Å²) >= 11 is 0. The molecule has 1 aliphatic heterocycles. The summed E-state index contributed by atoms with van der Waals surface area (Å²) in [4.78, 5) is 3.31. The lowest BCUT2D eigenvalue weighted by Gasteiger charge is -2.26. The van der Waals surface area contributed by atoms with Crippen molar-refractivity contribution in [3.8, 4) is 0 Å². The Morgan fingerprint density at radius 2 is 2.09 bits per heavy atom. The van der Waals surface area contributed by atoms with Crippen LogP contribution in [0.3, 0.4) is 0 Å². The van der Waals surface area contributed by atoms with Crippen molar-refractivity contribution in [3.63, 3.8) is 0 Å². The second-order valence-corrected chi connectivity index (χ2v) is 2.27. The topological polar surface area (TPSA) is 32.6 Å². The minimum atomic E-state index is -4.64. The van der Waals surface area contributed by atoms with Gasteiger partial charge in [0.05, 0.1) is 6.54 Å². The van der Waals surface area contributed by atoms with Crippen molar-refractivity contribution in [2.45, 2.75) is 11.8 Å². The average molecular weight is 165 g/mol. The summed E-state index contributed by atoms with van der Waals surface area (Å²) in [5.41, 5.74) is -2.76. The maximum atomic E-state index is 12.0. The monoisotopic (exact) mass is 165 g/mol. The molecule has 1 aliphatic rings.